The fourth-order valence-electron chi connectivity index (χ4n) is 4.80. The maximum absolute atomic E-state index is 13.7. The first kappa shape index (κ1) is 25.6. The van der Waals surface area contributed by atoms with E-state index >= 15 is 0 Å². The Morgan fingerprint density at radius 3 is 2.36 bits per heavy atom. The summed E-state index contributed by atoms with van der Waals surface area (Å²) in [5, 5.41) is 5.76. The van der Waals surface area contributed by atoms with E-state index in [2.05, 4.69) is 12.2 Å². The van der Waals surface area contributed by atoms with Crippen molar-refractivity contribution in [1.82, 2.24) is 9.80 Å². The number of likely N-dealkylation sites (N-methyl/N-ethyl adjacent to an activating group) is 1. The van der Waals surface area contributed by atoms with Gasteiger partial charge in [-0.2, -0.15) is 0 Å². The molecule has 0 saturated heterocycles. The summed E-state index contributed by atoms with van der Waals surface area (Å²) in [4.78, 5) is 42.9. The third-order valence-corrected chi connectivity index (χ3v) is 6.68. The van der Waals surface area contributed by atoms with Crippen molar-refractivity contribution < 1.29 is 19.1 Å². The molecule has 36 heavy (non-hydrogen) atoms. The molecule has 3 aromatic rings. The van der Waals surface area contributed by atoms with Crippen LogP contribution in [0.5, 0.6) is 0 Å². The Labute approximate surface area is 212 Å². The Kier molecular flexibility index (Phi) is 8.21. The van der Waals surface area contributed by atoms with Crippen molar-refractivity contribution in [2.24, 2.45) is 0 Å². The normalized spacial score (nSPS) is 13.2. The second-order valence-electron chi connectivity index (χ2n) is 9.65. The Morgan fingerprint density at radius 1 is 0.917 bits per heavy atom. The quantitative estimate of drug-likeness (QED) is 0.201. The van der Waals surface area contributed by atoms with Gasteiger partial charge in [-0.1, -0.05) is 63.3 Å². The first-order valence-corrected chi connectivity index (χ1v) is 12.9. The number of amides is 3. The van der Waals surface area contributed by atoms with Crippen molar-refractivity contribution in [2.75, 3.05) is 39.1 Å². The zero-order valence-corrected chi connectivity index (χ0v) is 21.4. The number of carbonyl (C=O) groups is 3. The standard InChI is InChI=1S/C29H35N3O4/c1-4-5-6-7-8-9-18-36-29(35)30-23-15-11-13-21-19-20-12-10-14-22-24(20)26(25(21)23)28(34)32(27(22)33)17-16-31(2)3/h10-15,19H,4-9,16-18H2,1-3H3,(H,30,35). The van der Waals surface area contributed by atoms with Gasteiger partial charge in [-0.15, -0.1) is 0 Å². The van der Waals surface area contributed by atoms with E-state index in [9.17, 15) is 14.4 Å². The molecule has 4 rings (SSSR count). The number of ether oxygens (including phenoxy) is 1. The molecule has 0 bridgehead atoms. The molecule has 1 heterocycles. The predicted octanol–water partition coefficient (Wildman–Crippen LogP) is 6.06. The molecular formula is C29H35N3O4. The first-order valence-electron chi connectivity index (χ1n) is 12.9. The molecule has 190 valence electrons. The van der Waals surface area contributed by atoms with Gasteiger partial charge < -0.3 is 9.64 Å². The molecule has 0 unspecified atom stereocenters. The lowest BCUT2D eigenvalue weighted by atomic mass is 9.89. The van der Waals surface area contributed by atoms with Crippen LogP contribution in [0.15, 0.2) is 42.5 Å². The number of benzene rings is 3. The summed E-state index contributed by atoms with van der Waals surface area (Å²) in [6.45, 7) is 3.38. The number of nitrogens with zero attached hydrogens (tertiary/aromatic N) is 2. The van der Waals surface area contributed by atoms with Crippen LogP contribution in [-0.2, 0) is 4.74 Å². The third-order valence-electron chi connectivity index (χ3n) is 6.68. The number of hydrogen-bond donors (Lipinski definition) is 1. The van der Waals surface area contributed by atoms with Crippen LogP contribution in [0.2, 0.25) is 0 Å². The fraction of sp³-hybridized carbons (Fsp3) is 0.414. The summed E-state index contributed by atoms with van der Waals surface area (Å²) in [6, 6.07) is 13.0. The Balaban J connectivity index is 1.64. The molecule has 0 saturated carbocycles. The SMILES string of the molecule is CCCCCCCCOC(=O)Nc1cccc2cc3cccc4c3c(c12)C(=O)N(CCN(C)C)C4=O. The molecule has 0 fully saturated rings. The number of carbonyl (C=O) groups excluding carboxylic acids is 3. The van der Waals surface area contributed by atoms with E-state index in [-0.39, 0.29) is 18.4 Å². The molecular weight excluding hydrogens is 454 g/mol. The van der Waals surface area contributed by atoms with E-state index in [0.29, 0.717) is 40.7 Å². The third kappa shape index (κ3) is 5.36. The highest BCUT2D eigenvalue weighted by Crippen LogP contribution is 2.38. The van der Waals surface area contributed by atoms with Crippen LogP contribution in [0.1, 0.15) is 66.2 Å². The molecule has 3 amide bonds. The average Bonchev–Trinajstić information content (AvgIpc) is 2.85. The molecule has 3 aromatic carbocycles. The number of rotatable bonds is 11. The summed E-state index contributed by atoms with van der Waals surface area (Å²) < 4.78 is 5.43. The van der Waals surface area contributed by atoms with E-state index in [1.807, 2.05) is 49.3 Å². The van der Waals surface area contributed by atoms with E-state index in [0.717, 1.165) is 30.0 Å². The Bertz CT molecular complexity index is 1280. The van der Waals surface area contributed by atoms with Crippen LogP contribution in [0, 0.1) is 0 Å². The number of hydrogen-bond acceptors (Lipinski definition) is 5. The summed E-state index contributed by atoms with van der Waals surface area (Å²) in [6.07, 6.45) is 6.11. The molecule has 7 heteroatoms. The van der Waals surface area contributed by atoms with Crippen molar-refractivity contribution >= 4 is 45.1 Å². The van der Waals surface area contributed by atoms with Crippen LogP contribution in [0.25, 0.3) is 21.5 Å². The monoisotopic (exact) mass is 489 g/mol. The molecule has 0 aromatic heterocycles. The number of nitrogens with one attached hydrogen (secondary N) is 1. The minimum atomic E-state index is -0.541. The second-order valence-corrected chi connectivity index (χ2v) is 9.65. The molecule has 0 spiro atoms. The summed E-state index contributed by atoms with van der Waals surface area (Å²) in [5.41, 5.74) is 1.45. The van der Waals surface area contributed by atoms with Gasteiger partial charge in [-0.05, 0) is 49.5 Å². The van der Waals surface area contributed by atoms with Gasteiger partial charge in [0.05, 0.1) is 17.9 Å². The Morgan fingerprint density at radius 2 is 1.61 bits per heavy atom. The molecule has 1 aliphatic rings. The molecule has 7 nitrogen and oxygen atoms in total. The largest absolute Gasteiger partial charge is 0.449 e. The van der Waals surface area contributed by atoms with E-state index < -0.39 is 6.09 Å². The zero-order valence-electron chi connectivity index (χ0n) is 21.4. The topological polar surface area (TPSA) is 79.0 Å². The van der Waals surface area contributed by atoms with Gasteiger partial charge in [0.1, 0.15) is 0 Å². The van der Waals surface area contributed by atoms with Crippen molar-refractivity contribution in [1.29, 1.82) is 0 Å². The van der Waals surface area contributed by atoms with Gasteiger partial charge >= 0.3 is 6.09 Å². The van der Waals surface area contributed by atoms with Crippen molar-refractivity contribution in [2.45, 2.75) is 45.4 Å². The highest BCUT2D eigenvalue weighted by atomic mass is 16.5. The van der Waals surface area contributed by atoms with Gasteiger partial charge in [0.15, 0.2) is 0 Å². The van der Waals surface area contributed by atoms with Gasteiger partial charge in [-0.25, -0.2) is 4.79 Å². The predicted molar refractivity (Wildman–Crippen MR) is 144 cm³/mol. The van der Waals surface area contributed by atoms with E-state index in [4.69, 9.17) is 4.74 Å². The van der Waals surface area contributed by atoms with E-state index in [1.54, 1.807) is 12.1 Å². The lowest BCUT2D eigenvalue weighted by Crippen LogP contribution is -2.43. The molecule has 1 N–H and O–H groups in total. The number of anilines is 1. The number of fused-ring (bicyclic) bond motifs is 2. The van der Waals surface area contributed by atoms with Gasteiger partial charge in [-0.3, -0.25) is 19.8 Å². The van der Waals surface area contributed by atoms with Crippen molar-refractivity contribution in [3.05, 3.63) is 53.6 Å². The molecule has 1 aliphatic heterocycles. The van der Waals surface area contributed by atoms with Crippen LogP contribution < -0.4 is 5.32 Å². The van der Waals surface area contributed by atoms with Crippen molar-refractivity contribution in [3.63, 3.8) is 0 Å². The molecule has 0 aliphatic carbocycles. The summed E-state index contributed by atoms with van der Waals surface area (Å²) >= 11 is 0. The van der Waals surface area contributed by atoms with Gasteiger partial charge in [0.2, 0.25) is 0 Å². The fourth-order valence-corrected chi connectivity index (χ4v) is 4.80. The molecule has 0 radical (unpaired) electrons. The number of imide groups is 1. The van der Waals surface area contributed by atoms with Gasteiger partial charge in [0.25, 0.3) is 11.8 Å². The number of unbranched alkanes of at least 4 members (excludes halogenated alkanes) is 5. The van der Waals surface area contributed by atoms with Crippen LogP contribution in [0.4, 0.5) is 10.5 Å². The van der Waals surface area contributed by atoms with Crippen LogP contribution in [0.3, 0.4) is 0 Å². The first-order chi connectivity index (χ1) is 17.4. The molecule has 0 atom stereocenters. The minimum Gasteiger partial charge on any atom is -0.449 e. The van der Waals surface area contributed by atoms with Crippen molar-refractivity contribution in [3.8, 4) is 0 Å². The van der Waals surface area contributed by atoms with E-state index in [1.165, 1.54) is 24.2 Å². The maximum Gasteiger partial charge on any atom is 0.411 e. The Hall–Kier alpha value is -3.45. The van der Waals surface area contributed by atoms with Crippen LogP contribution >= 0.6 is 0 Å². The second kappa shape index (κ2) is 11.5. The van der Waals surface area contributed by atoms with Gasteiger partial charge in [0, 0.05) is 29.4 Å². The lowest BCUT2D eigenvalue weighted by Gasteiger charge is -2.29. The minimum absolute atomic E-state index is 0.284. The smallest absolute Gasteiger partial charge is 0.411 e. The zero-order chi connectivity index (χ0) is 25.7. The summed E-state index contributed by atoms with van der Waals surface area (Å²) in [7, 11) is 3.81. The average molecular weight is 490 g/mol. The van der Waals surface area contributed by atoms with Crippen LogP contribution in [-0.4, -0.2) is 61.5 Å². The maximum atomic E-state index is 13.7. The lowest BCUT2D eigenvalue weighted by molar-refractivity contribution is 0.0602. The summed E-state index contributed by atoms with van der Waals surface area (Å²) in [5.74, 6) is -0.631. The highest BCUT2D eigenvalue weighted by Gasteiger charge is 2.34. The highest BCUT2D eigenvalue weighted by molar-refractivity contribution is 6.32.